The van der Waals surface area contributed by atoms with Gasteiger partial charge >= 0.3 is 0 Å². The van der Waals surface area contributed by atoms with Crippen molar-refractivity contribution in [1.29, 1.82) is 0 Å². The van der Waals surface area contributed by atoms with Gasteiger partial charge < -0.3 is 10.4 Å². The summed E-state index contributed by atoms with van der Waals surface area (Å²) < 4.78 is 7.60. The number of nitrogens with one attached hydrogen (secondary N) is 1. The van der Waals surface area contributed by atoms with E-state index in [4.69, 9.17) is 0 Å². The molecule has 0 aliphatic heterocycles. The predicted molar refractivity (Wildman–Crippen MR) is 57.8 cm³/mol. The highest BCUT2D eigenvalue weighted by Gasteiger charge is 2.28. The molecule has 1 aromatic heterocycles. The lowest BCUT2D eigenvalue weighted by molar-refractivity contribution is 0.0814. The maximum atomic E-state index is 11.7. The van der Waals surface area contributed by atoms with Gasteiger partial charge in [-0.05, 0) is 12.8 Å². The van der Waals surface area contributed by atoms with Gasteiger partial charge in [0.05, 0.1) is 30.1 Å². The molecular formula is C9H15N3O2S. The number of rotatable bonds is 5. The lowest BCUT2D eigenvalue weighted by Gasteiger charge is -2.30. The molecular weight excluding hydrogens is 214 g/mol. The van der Waals surface area contributed by atoms with Crippen molar-refractivity contribution in [2.45, 2.75) is 32.2 Å². The van der Waals surface area contributed by atoms with Gasteiger partial charge in [-0.2, -0.15) is 8.75 Å². The summed E-state index contributed by atoms with van der Waals surface area (Å²) in [7, 11) is 0. The second-order valence-electron chi connectivity index (χ2n) is 3.39. The van der Waals surface area contributed by atoms with Crippen LogP contribution in [0.4, 0.5) is 0 Å². The fraction of sp³-hybridized carbons (Fsp3) is 0.667. The highest BCUT2D eigenvalue weighted by Crippen LogP contribution is 2.14. The zero-order valence-electron chi connectivity index (χ0n) is 8.86. The van der Waals surface area contributed by atoms with Crippen LogP contribution in [0, 0.1) is 0 Å². The average Bonchev–Trinajstić information content (AvgIpc) is 2.79. The number of hydrogen-bond donors (Lipinski definition) is 2. The number of aliphatic hydroxyl groups is 1. The quantitative estimate of drug-likeness (QED) is 0.783. The molecule has 0 fully saturated rings. The van der Waals surface area contributed by atoms with Crippen molar-refractivity contribution in [3.8, 4) is 0 Å². The molecule has 0 saturated carbocycles. The SMILES string of the molecule is CCC(CC)(CO)NC(=O)c1cnsn1. The van der Waals surface area contributed by atoms with Gasteiger partial charge in [0, 0.05) is 0 Å². The minimum atomic E-state index is -0.541. The molecule has 0 bridgehead atoms. The number of hydrogen-bond acceptors (Lipinski definition) is 5. The molecule has 0 radical (unpaired) electrons. The third-order valence-electron chi connectivity index (χ3n) is 2.63. The molecule has 0 aromatic carbocycles. The highest BCUT2D eigenvalue weighted by atomic mass is 32.1. The van der Waals surface area contributed by atoms with E-state index in [1.54, 1.807) is 0 Å². The number of aliphatic hydroxyl groups excluding tert-OH is 1. The molecule has 0 saturated heterocycles. The van der Waals surface area contributed by atoms with Crippen molar-refractivity contribution in [1.82, 2.24) is 14.1 Å². The van der Waals surface area contributed by atoms with E-state index < -0.39 is 5.54 Å². The fourth-order valence-corrected chi connectivity index (χ4v) is 1.67. The number of carbonyl (C=O) groups excluding carboxylic acids is 1. The zero-order chi connectivity index (χ0) is 11.3. The van der Waals surface area contributed by atoms with Crippen LogP contribution in [-0.2, 0) is 0 Å². The summed E-state index contributed by atoms with van der Waals surface area (Å²) in [4.78, 5) is 11.7. The Bertz CT molecular complexity index is 301. The van der Waals surface area contributed by atoms with Crippen LogP contribution in [0.25, 0.3) is 0 Å². The Morgan fingerprint density at radius 1 is 1.60 bits per heavy atom. The van der Waals surface area contributed by atoms with Crippen LogP contribution in [0.2, 0.25) is 0 Å². The molecule has 1 rings (SSSR count). The molecule has 1 heterocycles. The van der Waals surface area contributed by atoms with Crippen LogP contribution in [-0.4, -0.2) is 31.9 Å². The van der Waals surface area contributed by atoms with Crippen molar-refractivity contribution in [2.24, 2.45) is 0 Å². The Morgan fingerprint density at radius 2 is 2.27 bits per heavy atom. The summed E-state index contributed by atoms with van der Waals surface area (Å²) in [6.45, 7) is 3.79. The first kappa shape index (κ1) is 12.1. The van der Waals surface area contributed by atoms with Crippen molar-refractivity contribution in [2.75, 3.05) is 6.61 Å². The van der Waals surface area contributed by atoms with Gasteiger partial charge in [-0.1, -0.05) is 13.8 Å². The van der Waals surface area contributed by atoms with Gasteiger partial charge in [0.15, 0.2) is 5.69 Å². The second-order valence-corrected chi connectivity index (χ2v) is 3.95. The zero-order valence-corrected chi connectivity index (χ0v) is 9.67. The van der Waals surface area contributed by atoms with E-state index in [0.29, 0.717) is 18.5 Å². The normalized spacial score (nSPS) is 11.4. The Kier molecular flexibility index (Phi) is 4.16. The van der Waals surface area contributed by atoms with E-state index in [0.717, 1.165) is 11.7 Å². The summed E-state index contributed by atoms with van der Waals surface area (Å²) >= 11 is 0.993. The third kappa shape index (κ3) is 2.73. The van der Waals surface area contributed by atoms with Crippen LogP contribution in [0.15, 0.2) is 6.20 Å². The van der Waals surface area contributed by atoms with E-state index in [2.05, 4.69) is 14.1 Å². The molecule has 6 heteroatoms. The Hall–Kier alpha value is -1.01. The largest absolute Gasteiger partial charge is 0.394 e. The van der Waals surface area contributed by atoms with Gasteiger partial charge in [-0.25, -0.2) is 0 Å². The Balaban J connectivity index is 2.71. The smallest absolute Gasteiger partial charge is 0.273 e. The minimum absolute atomic E-state index is 0.0662. The number of nitrogens with zero attached hydrogens (tertiary/aromatic N) is 2. The maximum absolute atomic E-state index is 11.7. The van der Waals surface area contributed by atoms with Crippen LogP contribution >= 0.6 is 11.7 Å². The molecule has 0 aliphatic rings. The predicted octanol–water partition coefficient (Wildman–Crippen LogP) is 0.819. The van der Waals surface area contributed by atoms with Gasteiger partial charge in [0.2, 0.25) is 0 Å². The van der Waals surface area contributed by atoms with Gasteiger partial charge in [-0.15, -0.1) is 0 Å². The lowest BCUT2D eigenvalue weighted by atomic mass is 9.94. The first-order chi connectivity index (χ1) is 7.17. The van der Waals surface area contributed by atoms with Crippen molar-refractivity contribution >= 4 is 17.6 Å². The minimum Gasteiger partial charge on any atom is -0.394 e. The van der Waals surface area contributed by atoms with E-state index in [1.807, 2.05) is 13.8 Å². The summed E-state index contributed by atoms with van der Waals surface area (Å²) in [5, 5.41) is 12.1. The van der Waals surface area contributed by atoms with Gasteiger partial charge in [0.1, 0.15) is 0 Å². The molecule has 1 amide bonds. The molecule has 84 valence electrons. The molecule has 0 unspecified atom stereocenters. The molecule has 2 N–H and O–H groups in total. The van der Waals surface area contributed by atoms with Gasteiger partial charge in [0.25, 0.3) is 5.91 Å². The summed E-state index contributed by atoms with van der Waals surface area (Å²) in [5.74, 6) is -0.276. The molecule has 5 nitrogen and oxygen atoms in total. The summed E-state index contributed by atoms with van der Waals surface area (Å²) in [6, 6.07) is 0. The molecule has 15 heavy (non-hydrogen) atoms. The van der Waals surface area contributed by atoms with Crippen molar-refractivity contribution in [3.63, 3.8) is 0 Å². The molecule has 1 aromatic rings. The first-order valence-electron chi connectivity index (χ1n) is 4.88. The van der Waals surface area contributed by atoms with Crippen molar-refractivity contribution in [3.05, 3.63) is 11.9 Å². The lowest BCUT2D eigenvalue weighted by Crippen LogP contribution is -2.50. The van der Waals surface area contributed by atoms with Gasteiger partial charge in [-0.3, -0.25) is 4.79 Å². The first-order valence-corrected chi connectivity index (χ1v) is 5.61. The van der Waals surface area contributed by atoms with Crippen LogP contribution < -0.4 is 5.32 Å². The standard InChI is InChI=1S/C9H15N3O2S/c1-3-9(4-2,6-13)11-8(14)7-5-10-15-12-7/h5,13H,3-4,6H2,1-2H3,(H,11,14). The fourth-order valence-electron chi connectivity index (χ4n) is 1.26. The van der Waals surface area contributed by atoms with Crippen LogP contribution in [0.5, 0.6) is 0 Å². The number of amides is 1. The summed E-state index contributed by atoms with van der Waals surface area (Å²) in [5.41, 5.74) is -0.236. The number of carbonyl (C=O) groups is 1. The average molecular weight is 229 g/mol. The van der Waals surface area contributed by atoms with E-state index in [9.17, 15) is 9.90 Å². The number of aromatic nitrogens is 2. The van der Waals surface area contributed by atoms with Crippen LogP contribution in [0.1, 0.15) is 37.2 Å². The molecule has 0 spiro atoms. The van der Waals surface area contributed by atoms with E-state index >= 15 is 0 Å². The molecule has 0 atom stereocenters. The van der Waals surface area contributed by atoms with Crippen LogP contribution in [0.3, 0.4) is 0 Å². The highest BCUT2D eigenvalue weighted by molar-refractivity contribution is 6.99. The van der Waals surface area contributed by atoms with Crippen molar-refractivity contribution < 1.29 is 9.90 Å². The second kappa shape index (κ2) is 5.18. The third-order valence-corrected chi connectivity index (χ3v) is 3.11. The topological polar surface area (TPSA) is 75.1 Å². The van der Waals surface area contributed by atoms with E-state index in [1.165, 1.54) is 6.20 Å². The Morgan fingerprint density at radius 3 is 2.67 bits per heavy atom. The molecule has 0 aliphatic carbocycles. The Labute approximate surface area is 92.9 Å². The monoisotopic (exact) mass is 229 g/mol. The maximum Gasteiger partial charge on any atom is 0.273 e. The van der Waals surface area contributed by atoms with E-state index in [-0.39, 0.29) is 12.5 Å². The summed E-state index contributed by atoms with van der Waals surface area (Å²) in [6.07, 6.45) is 2.79.